The van der Waals surface area contributed by atoms with Gasteiger partial charge in [0, 0.05) is 26.1 Å². The summed E-state index contributed by atoms with van der Waals surface area (Å²) < 4.78 is 0. The fourth-order valence-corrected chi connectivity index (χ4v) is 4.11. The molecule has 1 aromatic heterocycles. The molecular weight excluding hydrogens is 386 g/mol. The van der Waals surface area contributed by atoms with Gasteiger partial charge in [-0.2, -0.15) is 0 Å². The SMILES string of the molecule is CC(C)CNC(=O)[C@@H](NC(=O)c1cccs1)C1CCN(C(=O)CC(C)(C)C)CC1. The first-order valence-electron chi connectivity index (χ1n) is 10.5. The third-order valence-corrected chi connectivity index (χ3v) is 5.91. The maximum absolute atomic E-state index is 12.9. The van der Waals surface area contributed by atoms with E-state index in [1.165, 1.54) is 11.3 Å². The van der Waals surface area contributed by atoms with Crippen molar-refractivity contribution in [3.05, 3.63) is 22.4 Å². The fraction of sp³-hybridized carbons (Fsp3) is 0.682. The lowest BCUT2D eigenvalue weighted by molar-refractivity contribution is -0.134. The normalized spacial score (nSPS) is 16.6. The molecule has 1 saturated heterocycles. The van der Waals surface area contributed by atoms with E-state index in [0.717, 1.165) is 0 Å². The molecule has 2 rings (SSSR count). The largest absolute Gasteiger partial charge is 0.354 e. The number of hydrogen-bond donors (Lipinski definition) is 2. The number of carbonyl (C=O) groups excluding carboxylic acids is 3. The molecule has 0 radical (unpaired) electrons. The zero-order valence-electron chi connectivity index (χ0n) is 18.3. The second-order valence-electron chi connectivity index (χ2n) is 9.52. The molecule has 6 nitrogen and oxygen atoms in total. The van der Waals surface area contributed by atoms with Gasteiger partial charge < -0.3 is 15.5 Å². The minimum Gasteiger partial charge on any atom is -0.354 e. The summed E-state index contributed by atoms with van der Waals surface area (Å²) in [6, 6.07) is 3.01. The lowest BCUT2D eigenvalue weighted by Gasteiger charge is -2.36. The monoisotopic (exact) mass is 421 g/mol. The molecule has 1 atom stereocenters. The van der Waals surface area contributed by atoms with Crippen LogP contribution < -0.4 is 10.6 Å². The van der Waals surface area contributed by atoms with Gasteiger partial charge in [-0.05, 0) is 41.5 Å². The lowest BCUT2D eigenvalue weighted by atomic mass is 9.87. The van der Waals surface area contributed by atoms with Crippen molar-refractivity contribution in [2.75, 3.05) is 19.6 Å². The number of likely N-dealkylation sites (tertiary alicyclic amines) is 1. The van der Waals surface area contributed by atoms with E-state index in [2.05, 4.69) is 31.4 Å². The second kappa shape index (κ2) is 10.2. The van der Waals surface area contributed by atoms with E-state index in [1.54, 1.807) is 6.07 Å². The Morgan fingerprint density at radius 2 is 1.86 bits per heavy atom. The second-order valence-corrected chi connectivity index (χ2v) is 10.5. The van der Waals surface area contributed by atoms with Crippen molar-refractivity contribution in [2.45, 2.75) is 59.9 Å². The average molecular weight is 422 g/mol. The predicted molar refractivity (Wildman–Crippen MR) is 117 cm³/mol. The fourth-order valence-electron chi connectivity index (χ4n) is 3.48. The quantitative estimate of drug-likeness (QED) is 0.709. The molecule has 3 amide bonds. The van der Waals surface area contributed by atoms with Gasteiger partial charge in [0.05, 0.1) is 4.88 Å². The first-order chi connectivity index (χ1) is 13.6. The number of nitrogens with one attached hydrogen (secondary N) is 2. The van der Waals surface area contributed by atoms with Crippen molar-refractivity contribution in [3.63, 3.8) is 0 Å². The molecule has 1 aliphatic heterocycles. The Morgan fingerprint density at radius 3 is 2.38 bits per heavy atom. The summed E-state index contributed by atoms with van der Waals surface area (Å²) in [5.41, 5.74) is -0.0398. The molecule has 1 aromatic rings. The maximum atomic E-state index is 12.9. The Morgan fingerprint density at radius 1 is 1.21 bits per heavy atom. The summed E-state index contributed by atoms with van der Waals surface area (Å²) in [6.45, 7) is 12.1. The first kappa shape index (κ1) is 23.4. The highest BCUT2D eigenvalue weighted by molar-refractivity contribution is 7.12. The highest BCUT2D eigenvalue weighted by atomic mass is 32.1. The molecular formula is C22H35N3O3S. The van der Waals surface area contributed by atoms with Crippen LogP contribution in [0.3, 0.4) is 0 Å². The van der Waals surface area contributed by atoms with Crippen LogP contribution in [0, 0.1) is 17.3 Å². The van der Waals surface area contributed by atoms with Crippen LogP contribution in [-0.2, 0) is 9.59 Å². The Hall–Kier alpha value is -1.89. The van der Waals surface area contributed by atoms with Crippen molar-refractivity contribution in [1.29, 1.82) is 0 Å². The van der Waals surface area contributed by atoms with Crippen molar-refractivity contribution < 1.29 is 14.4 Å². The predicted octanol–water partition coefficient (Wildman–Crippen LogP) is 3.29. The number of carbonyl (C=O) groups is 3. The van der Waals surface area contributed by atoms with E-state index in [4.69, 9.17) is 0 Å². The third-order valence-electron chi connectivity index (χ3n) is 5.04. The smallest absolute Gasteiger partial charge is 0.262 e. The molecule has 2 heterocycles. The molecule has 0 unspecified atom stereocenters. The van der Waals surface area contributed by atoms with Gasteiger partial charge in [-0.1, -0.05) is 40.7 Å². The van der Waals surface area contributed by atoms with E-state index in [1.807, 2.05) is 30.2 Å². The molecule has 29 heavy (non-hydrogen) atoms. The molecule has 162 valence electrons. The summed E-state index contributed by atoms with van der Waals surface area (Å²) in [6.07, 6.45) is 1.94. The number of rotatable bonds is 7. The Kier molecular flexibility index (Phi) is 8.25. The van der Waals surface area contributed by atoms with Crippen molar-refractivity contribution in [1.82, 2.24) is 15.5 Å². The van der Waals surface area contributed by atoms with Crippen LogP contribution >= 0.6 is 11.3 Å². The molecule has 0 spiro atoms. The third kappa shape index (κ3) is 7.46. The summed E-state index contributed by atoms with van der Waals surface area (Å²) in [7, 11) is 0. The molecule has 0 aliphatic carbocycles. The van der Waals surface area contributed by atoms with E-state index in [0.29, 0.717) is 49.7 Å². The molecule has 0 saturated carbocycles. The van der Waals surface area contributed by atoms with Gasteiger partial charge in [-0.15, -0.1) is 11.3 Å². The van der Waals surface area contributed by atoms with Gasteiger partial charge >= 0.3 is 0 Å². The van der Waals surface area contributed by atoms with E-state index in [-0.39, 0.29) is 29.1 Å². The standard InChI is InChI=1S/C22H35N3O3S/c1-15(2)14-23-21(28)19(24-20(27)17-7-6-12-29-17)16-8-10-25(11-9-16)18(26)13-22(3,4)5/h6-7,12,15-16,19H,8-11,13-14H2,1-5H3,(H,23,28)(H,24,27)/t19-/m0/s1. The maximum Gasteiger partial charge on any atom is 0.262 e. The molecule has 7 heteroatoms. The first-order valence-corrected chi connectivity index (χ1v) is 11.3. The summed E-state index contributed by atoms with van der Waals surface area (Å²) >= 11 is 1.36. The van der Waals surface area contributed by atoms with Gasteiger partial charge in [-0.25, -0.2) is 0 Å². The number of hydrogen-bond acceptors (Lipinski definition) is 4. The molecule has 1 fully saturated rings. The highest BCUT2D eigenvalue weighted by Gasteiger charge is 2.34. The zero-order chi connectivity index (χ0) is 21.6. The van der Waals surface area contributed by atoms with E-state index in [9.17, 15) is 14.4 Å². The highest BCUT2D eigenvalue weighted by Crippen LogP contribution is 2.25. The van der Waals surface area contributed by atoms with Crippen LogP contribution in [0.2, 0.25) is 0 Å². The number of thiophene rings is 1. The number of nitrogens with zero attached hydrogens (tertiary/aromatic N) is 1. The van der Waals surface area contributed by atoms with Gasteiger partial charge in [0.15, 0.2) is 0 Å². The van der Waals surface area contributed by atoms with Gasteiger partial charge in [-0.3, -0.25) is 14.4 Å². The van der Waals surface area contributed by atoms with Crippen molar-refractivity contribution in [2.24, 2.45) is 17.3 Å². The van der Waals surface area contributed by atoms with Crippen LogP contribution in [0.5, 0.6) is 0 Å². The molecule has 0 aromatic carbocycles. The van der Waals surface area contributed by atoms with Gasteiger partial charge in [0.1, 0.15) is 6.04 Å². The average Bonchev–Trinajstić information content (AvgIpc) is 3.17. The van der Waals surface area contributed by atoms with Crippen LogP contribution in [0.4, 0.5) is 0 Å². The minimum atomic E-state index is -0.580. The van der Waals surface area contributed by atoms with Crippen LogP contribution in [0.15, 0.2) is 17.5 Å². The Bertz CT molecular complexity index is 687. The number of piperidine rings is 1. The Labute approximate surface area is 178 Å². The zero-order valence-corrected chi connectivity index (χ0v) is 19.1. The minimum absolute atomic E-state index is 0.0183. The summed E-state index contributed by atoms with van der Waals surface area (Å²) in [4.78, 5) is 40.4. The van der Waals surface area contributed by atoms with E-state index >= 15 is 0 Å². The van der Waals surface area contributed by atoms with Gasteiger partial charge in [0.25, 0.3) is 5.91 Å². The molecule has 2 N–H and O–H groups in total. The topological polar surface area (TPSA) is 78.5 Å². The number of amides is 3. The molecule has 0 bridgehead atoms. The van der Waals surface area contributed by atoms with E-state index < -0.39 is 6.04 Å². The Balaban J connectivity index is 2.02. The summed E-state index contributed by atoms with van der Waals surface area (Å²) in [5, 5.41) is 7.76. The lowest BCUT2D eigenvalue weighted by Crippen LogP contribution is -2.54. The van der Waals surface area contributed by atoms with Crippen molar-refractivity contribution in [3.8, 4) is 0 Å². The van der Waals surface area contributed by atoms with Crippen molar-refractivity contribution >= 4 is 29.1 Å². The summed E-state index contributed by atoms with van der Waals surface area (Å²) in [5.74, 6) is 0.174. The van der Waals surface area contributed by atoms with Crippen LogP contribution in [0.1, 0.15) is 63.6 Å². The molecule has 1 aliphatic rings. The van der Waals surface area contributed by atoms with Crippen LogP contribution in [0.25, 0.3) is 0 Å². The van der Waals surface area contributed by atoms with Crippen LogP contribution in [-0.4, -0.2) is 48.3 Å². The van der Waals surface area contributed by atoms with Gasteiger partial charge in [0.2, 0.25) is 11.8 Å².